The summed E-state index contributed by atoms with van der Waals surface area (Å²) in [5, 5.41) is 4.87. The summed E-state index contributed by atoms with van der Waals surface area (Å²) in [5.41, 5.74) is -0.393. The van der Waals surface area contributed by atoms with Gasteiger partial charge in [-0.3, -0.25) is 24.0 Å². The van der Waals surface area contributed by atoms with Gasteiger partial charge in [-0.05, 0) is 76.5 Å². The highest BCUT2D eigenvalue weighted by Crippen LogP contribution is 2.46. The van der Waals surface area contributed by atoms with Gasteiger partial charge in [0.25, 0.3) is 5.91 Å². The number of hydrogen-bond acceptors (Lipinski definition) is 9. The first kappa shape index (κ1) is 37.1. The second-order valence-electron chi connectivity index (χ2n) is 15.2. The summed E-state index contributed by atoms with van der Waals surface area (Å²) in [6.45, 7) is 5.67. The smallest absolute Gasteiger partial charge is 0.410 e. The number of fused-ring (bicyclic) bond motifs is 3. The van der Waals surface area contributed by atoms with Crippen molar-refractivity contribution >= 4 is 55.9 Å². The fourth-order valence-corrected chi connectivity index (χ4v) is 8.92. The summed E-state index contributed by atoms with van der Waals surface area (Å²) >= 11 is 3.53. The van der Waals surface area contributed by atoms with Gasteiger partial charge in [0.15, 0.2) is 0 Å². The maximum atomic E-state index is 14.3. The molecule has 1 aromatic carbocycles. The van der Waals surface area contributed by atoms with Crippen LogP contribution in [0.15, 0.2) is 34.8 Å². The third-order valence-corrected chi connectivity index (χ3v) is 12.5. The Balaban J connectivity index is 1.25. The predicted molar refractivity (Wildman–Crippen MR) is 188 cm³/mol. The van der Waals surface area contributed by atoms with E-state index in [1.807, 2.05) is 30.4 Å². The number of halogens is 1. The third-order valence-electron chi connectivity index (χ3n) is 9.99. The normalized spacial score (nSPS) is 28.9. The van der Waals surface area contributed by atoms with Crippen molar-refractivity contribution in [3.63, 3.8) is 0 Å². The molecule has 51 heavy (non-hydrogen) atoms. The Kier molecular flexibility index (Phi) is 10.5. The molecule has 0 bridgehead atoms. The maximum absolute atomic E-state index is 14.3. The lowest BCUT2D eigenvalue weighted by Gasteiger charge is -2.30. The molecule has 278 valence electrons. The molecule has 0 aromatic heterocycles. The minimum absolute atomic E-state index is 0.0640. The van der Waals surface area contributed by atoms with E-state index in [2.05, 4.69) is 31.3 Å². The number of hydrogen-bond donors (Lipinski definition) is 3. The van der Waals surface area contributed by atoms with Gasteiger partial charge in [0.1, 0.15) is 29.3 Å². The molecule has 6 rings (SSSR count). The second-order valence-corrected chi connectivity index (χ2v) is 18.0. The van der Waals surface area contributed by atoms with Crippen molar-refractivity contribution in [2.75, 3.05) is 6.54 Å². The zero-order valence-electron chi connectivity index (χ0n) is 29.1. The molecule has 0 unspecified atom stereocenters. The van der Waals surface area contributed by atoms with Crippen LogP contribution >= 0.6 is 15.9 Å². The standard InChI is InChI=1S/C35H46BrN5O9S/c1-34(2,3)50-32(45)37-27-13-8-6-4-5-7-11-22-17-35(22,31(44)39-51(47,48)24-14-15-24)38-29(42)28-16-23(19-41(28)30(27)43)49-33(46)40-18-21-10-9-12-26(36)25(21)20-40/h7,9-12,22-24,27-28H,4-6,8,13-20H2,1-3H3,(H,37,45)(H,38,42)(H,39,44)/b11-7-/t22-,23+,27-,28-,35-/m0/s1. The Morgan fingerprint density at radius 1 is 1.06 bits per heavy atom. The highest BCUT2D eigenvalue weighted by Gasteiger charge is 2.62. The van der Waals surface area contributed by atoms with E-state index in [1.54, 1.807) is 25.7 Å². The lowest BCUT2D eigenvalue weighted by atomic mass is 10.0. The van der Waals surface area contributed by atoms with E-state index in [-0.39, 0.29) is 25.8 Å². The van der Waals surface area contributed by atoms with Gasteiger partial charge in [0.2, 0.25) is 21.8 Å². The summed E-state index contributed by atoms with van der Waals surface area (Å²) in [5.74, 6) is -2.49. The fraction of sp³-hybridized carbons (Fsp3) is 0.629. The Morgan fingerprint density at radius 2 is 1.82 bits per heavy atom. The number of benzene rings is 1. The van der Waals surface area contributed by atoms with Gasteiger partial charge < -0.3 is 25.0 Å². The summed E-state index contributed by atoms with van der Waals surface area (Å²) in [4.78, 5) is 71.3. The average molecular weight is 793 g/mol. The summed E-state index contributed by atoms with van der Waals surface area (Å²) in [7, 11) is -3.90. The van der Waals surface area contributed by atoms with Gasteiger partial charge in [-0.1, -0.05) is 53.1 Å². The van der Waals surface area contributed by atoms with Crippen molar-refractivity contribution in [2.45, 2.75) is 126 Å². The largest absolute Gasteiger partial charge is 0.444 e. The highest BCUT2D eigenvalue weighted by atomic mass is 79.9. The SMILES string of the molecule is CC(C)(C)OC(=O)N[C@H]1CCCCC/C=C\[C@H]2C[C@]2(C(=O)NS(=O)(=O)C2CC2)NC(=O)[C@@H]2C[C@@H](OC(=O)N3Cc4cccc(Br)c4C3)CN2C1=O. The first-order chi connectivity index (χ1) is 24.1. The minimum atomic E-state index is -3.90. The molecule has 1 aromatic rings. The molecule has 0 radical (unpaired) electrons. The van der Waals surface area contributed by atoms with E-state index < -0.39 is 80.4 Å². The molecule has 2 saturated carbocycles. The van der Waals surface area contributed by atoms with Crippen molar-refractivity contribution in [2.24, 2.45) is 5.92 Å². The molecule has 3 fully saturated rings. The Labute approximate surface area is 306 Å². The quantitative estimate of drug-likeness (QED) is 0.375. The predicted octanol–water partition coefficient (Wildman–Crippen LogP) is 3.77. The Hall–Kier alpha value is -3.66. The van der Waals surface area contributed by atoms with Gasteiger partial charge in [-0.25, -0.2) is 18.0 Å². The molecule has 5 aliphatic rings. The van der Waals surface area contributed by atoms with Gasteiger partial charge in [0.05, 0.1) is 18.3 Å². The van der Waals surface area contributed by atoms with E-state index in [4.69, 9.17) is 9.47 Å². The number of allylic oxidation sites excluding steroid dienone is 1. The summed E-state index contributed by atoms with van der Waals surface area (Å²) in [6, 6.07) is 3.51. The number of amides is 5. The Bertz CT molecular complexity index is 1730. The van der Waals surface area contributed by atoms with E-state index in [0.717, 1.165) is 28.4 Å². The molecule has 3 aliphatic heterocycles. The molecule has 16 heteroatoms. The van der Waals surface area contributed by atoms with Crippen LogP contribution in [0.5, 0.6) is 0 Å². The van der Waals surface area contributed by atoms with Crippen molar-refractivity contribution in [1.82, 2.24) is 25.2 Å². The first-order valence-corrected chi connectivity index (χ1v) is 20.0. The van der Waals surface area contributed by atoms with Crippen LogP contribution in [0.3, 0.4) is 0 Å². The monoisotopic (exact) mass is 791 g/mol. The second kappa shape index (κ2) is 14.4. The van der Waals surface area contributed by atoms with E-state index >= 15 is 0 Å². The maximum Gasteiger partial charge on any atom is 0.410 e. The van der Waals surface area contributed by atoms with Crippen LogP contribution in [-0.2, 0) is 47.0 Å². The van der Waals surface area contributed by atoms with Crippen LogP contribution in [0.4, 0.5) is 9.59 Å². The average Bonchev–Trinajstić information content (AvgIpc) is 3.93. The van der Waals surface area contributed by atoms with Crippen LogP contribution in [-0.4, -0.2) is 89.2 Å². The summed E-state index contributed by atoms with van der Waals surface area (Å²) < 4.78 is 39.9. The van der Waals surface area contributed by atoms with Crippen LogP contribution in [0, 0.1) is 5.92 Å². The van der Waals surface area contributed by atoms with Crippen molar-refractivity contribution in [3.05, 3.63) is 46.0 Å². The molecule has 2 aliphatic carbocycles. The number of alkyl carbamates (subject to hydrolysis) is 1. The highest BCUT2D eigenvalue weighted by molar-refractivity contribution is 9.10. The van der Waals surface area contributed by atoms with Crippen LogP contribution in [0.2, 0.25) is 0 Å². The molecule has 3 N–H and O–H groups in total. The number of rotatable bonds is 5. The third kappa shape index (κ3) is 8.53. The van der Waals surface area contributed by atoms with Crippen molar-refractivity contribution in [1.29, 1.82) is 0 Å². The fourth-order valence-electron chi connectivity index (χ4n) is 7.02. The Morgan fingerprint density at radius 3 is 2.53 bits per heavy atom. The minimum Gasteiger partial charge on any atom is -0.444 e. The number of sulfonamides is 1. The van der Waals surface area contributed by atoms with Gasteiger partial charge in [0, 0.05) is 23.4 Å². The zero-order chi connectivity index (χ0) is 36.7. The molecule has 0 spiro atoms. The van der Waals surface area contributed by atoms with Gasteiger partial charge in [-0.15, -0.1) is 0 Å². The topological polar surface area (TPSA) is 181 Å². The van der Waals surface area contributed by atoms with Crippen molar-refractivity contribution in [3.8, 4) is 0 Å². The number of ether oxygens (including phenoxy) is 2. The molecular weight excluding hydrogens is 746 g/mol. The molecule has 14 nitrogen and oxygen atoms in total. The lowest BCUT2D eigenvalue weighted by Crippen LogP contribution is -2.58. The van der Waals surface area contributed by atoms with Crippen molar-refractivity contribution < 1.29 is 41.9 Å². The number of nitrogens with zero attached hydrogens (tertiary/aromatic N) is 2. The number of nitrogens with one attached hydrogen (secondary N) is 3. The van der Waals surface area contributed by atoms with Gasteiger partial charge in [-0.2, -0.15) is 0 Å². The molecule has 3 heterocycles. The zero-order valence-corrected chi connectivity index (χ0v) is 31.5. The number of carbonyl (C=O) groups excluding carboxylic acids is 5. The van der Waals surface area contributed by atoms with E-state index in [0.29, 0.717) is 38.8 Å². The molecule has 5 atom stereocenters. The van der Waals surface area contributed by atoms with E-state index in [1.165, 1.54) is 4.90 Å². The van der Waals surface area contributed by atoms with Crippen LogP contribution in [0.25, 0.3) is 0 Å². The molecule has 5 amide bonds. The number of carbonyl (C=O) groups is 5. The van der Waals surface area contributed by atoms with Crippen LogP contribution < -0.4 is 15.4 Å². The molecule has 1 saturated heterocycles. The molecular formula is C35H46BrN5O9S. The van der Waals surface area contributed by atoms with E-state index in [9.17, 15) is 32.4 Å². The van der Waals surface area contributed by atoms with Crippen LogP contribution in [0.1, 0.15) is 89.7 Å². The first-order valence-electron chi connectivity index (χ1n) is 17.6. The summed E-state index contributed by atoms with van der Waals surface area (Å²) in [6.07, 6.45) is 5.65. The lowest BCUT2D eigenvalue weighted by molar-refractivity contribution is -0.141. The van der Waals surface area contributed by atoms with Gasteiger partial charge >= 0.3 is 12.2 Å².